The second-order valence-electron chi connectivity index (χ2n) is 5.79. The molecule has 2 nitrogen and oxygen atoms in total. The molecule has 1 heterocycles. The normalized spacial score (nSPS) is 36.9. The van der Waals surface area contributed by atoms with Gasteiger partial charge < -0.3 is 4.74 Å². The van der Waals surface area contributed by atoms with Crippen molar-refractivity contribution >= 4 is 5.78 Å². The zero-order valence-electron chi connectivity index (χ0n) is 11.3. The van der Waals surface area contributed by atoms with Crippen LogP contribution in [0.4, 0.5) is 0 Å². The third-order valence-electron chi connectivity index (χ3n) is 3.94. The van der Waals surface area contributed by atoms with Crippen LogP contribution in [0.15, 0.2) is 22.8 Å². The summed E-state index contributed by atoms with van der Waals surface area (Å²) in [5.74, 6) is 0.276. The molecule has 0 radical (unpaired) electrons. The van der Waals surface area contributed by atoms with Gasteiger partial charge in [-0.25, -0.2) is 0 Å². The van der Waals surface area contributed by atoms with Gasteiger partial charge in [0.15, 0.2) is 5.78 Å². The van der Waals surface area contributed by atoms with Gasteiger partial charge in [0.1, 0.15) is 0 Å². The highest BCUT2D eigenvalue weighted by Crippen LogP contribution is 2.45. The Balaban J connectivity index is 2.25. The van der Waals surface area contributed by atoms with Crippen molar-refractivity contribution in [1.82, 2.24) is 0 Å². The average molecular weight is 234 g/mol. The van der Waals surface area contributed by atoms with E-state index in [-0.39, 0.29) is 17.5 Å². The van der Waals surface area contributed by atoms with E-state index in [1.807, 2.05) is 13.8 Å². The van der Waals surface area contributed by atoms with Crippen LogP contribution in [0.25, 0.3) is 0 Å². The Bertz CT molecular complexity index is 399. The lowest BCUT2D eigenvalue weighted by Gasteiger charge is -2.12. The molecular formula is C15H22O2. The lowest BCUT2D eigenvalue weighted by atomic mass is 9.89. The van der Waals surface area contributed by atoms with Gasteiger partial charge in [0.2, 0.25) is 0 Å². The number of Topliss-reactive ketones (excluding diaryl/α,β-unsaturated/α-hetero) is 1. The van der Waals surface area contributed by atoms with Crippen molar-refractivity contribution < 1.29 is 9.53 Å². The molecule has 2 unspecified atom stereocenters. The molecule has 1 aliphatic heterocycles. The van der Waals surface area contributed by atoms with E-state index >= 15 is 0 Å². The molecule has 2 atom stereocenters. The Hall–Kier alpha value is -0.890. The molecule has 17 heavy (non-hydrogen) atoms. The van der Waals surface area contributed by atoms with Gasteiger partial charge in [0.05, 0.1) is 11.7 Å². The molecule has 0 saturated carbocycles. The highest BCUT2D eigenvalue weighted by molar-refractivity contribution is 5.97. The van der Waals surface area contributed by atoms with Crippen molar-refractivity contribution in [2.45, 2.75) is 65.1 Å². The van der Waals surface area contributed by atoms with Gasteiger partial charge in [-0.2, -0.15) is 0 Å². The Labute approximate surface area is 104 Å². The largest absolute Gasteiger partial charge is 0.366 e. The summed E-state index contributed by atoms with van der Waals surface area (Å²) in [5.41, 5.74) is 3.32. The van der Waals surface area contributed by atoms with Crippen molar-refractivity contribution in [2.24, 2.45) is 0 Å². The molecule has 0 aromatic heterocycles. The van der Waals surface area contributed by atoms with Crippen molar-refractivity contribution in [3.05, 3.63) is 22.8 Å². The SMILES string of the molecule is CC(C)=C1CC2OC2(C)CC/C=C(\C)CC1=O. The lowest BCUT2D eigenvalue weighted by Crippen LogP contribution is -2.15. The molecule has 1 saturated heterocycles. The van der Waals surface area contributed by atoms with Gasteiger partial charge in [-0.3, -0.25) is 4.79 Å². The second-order valence-corrected chi connectivity index (χ2v) is 5.79. The molecule has 0 spiro atoms. The zero-order valence-corrected chi connectivity index (χ0v) is 11.3. The summed E-state index contributed by atoms with van der Waals surface area (Å²) in [5, 5.41) is 0. The van der Waals surface area contributed by atoms with Gasteiger partial charge in [0.25, 0.3) is 0 Å². The van der Waals surface area contributed by atoms with E-state index in [2.05, 4.69) is 19.9 Å². The molecule has 1 fully saturated rings. The van der Waals surface area contributed by atoms with Crippen LogP contribution in [0.1, 0.15) is 53.4 Å². The number of fused-ring (bicyclic) bond motifs is 1. The summed E-state index contributed by atoms with van der Waals surface area (Å²) in [6.07, 6.45) is 5.91. The standard InChI is InChI=1S/C15H22O2/c1-10(2)12-9-14-15(4,17-14)7-5-6-11(3)8-13(12)16/h6,14H,5,7-9H2,1-4H3/b11-6+. The zero-order chi connectivity index (χ0) is 12.6. The van der Waals surface area contributed by atoms with E-state index in [1.54, 1.807) is 0 Å². The minimum Gasteiger partial charge on any atom is -0.366 e. The van der Waals surface area contributed by atoms with Crippen LogP contribution in [0.3, 0.4) is 0 Å². The monoisotopic (exact) mass is 234 g/mol. The molecule has 0 N–H and O–H groups in total. The summed E-state index contributed by atoms with van der Waals surface area (Å²) < 4.78 is 5.78. The molecule has 0 aromatic carbocycles. The van der Waals surface area contributed by atoms with Gasteiger partial charge in [-0.15, -0.1) is 0 Å². The summed E-state index contributed by atoms with van der Waals surface area (Å²) in [7, 11) is 0. The number of rotatable bonds is 0. The second kappa shape index (κ2) is 4.41. The first-order valence-corrected chi connectivity index (χ1v) is 6.45. The maximum Gasteiger partial charge on any atom is 0.162 e. The van der Waals surface area contributed by atoms with Gasteiger partial charge >= 0.3 is 0 Å². The molecule has 94 valence electrons. The Morgan fingerprint density at radius 3 is 2.82 bits per heavy atom. The Morgan fingerprint density at radius 2 is 2.18 bits per heavy atom. The Morgan fingerprint density at radius 1 is 1.47 bits per heavy atom. The maximum absolute atomic E-state index is 12.2. The molecule has 2 rings (SSSR count). The summed E-state index contributed by atoms with van der Waals surface area (Å²) in [6.45, 7) is 8.26. The molecule has 0 bridgehead atoms. The van der Waals surface area contributed by atoms with Crippen LogP contribution in [-0.2, 0) is 9.53 Å². The van der Waals surface area contributed by atoms with Gasteiger partial charge in [-0.1, -0.05) is 17.2 Å². The Kier molecular flexibility index (Phi) is 3.26. The number of carbonyl (C=O) groups is 1. The van der Waals surface area contributed by atoms with Crippen molar-refractivity contribution in [2.75, 3.05) is 0 Å². The number of ether oxygens (including phenoxy) is 1. The number of ketones is 1. The van der Waals surface area contributed by atoms with E-state index in [4.69, 9.17) is 4.74 Å². The lowest BCUT2D eigenvalue weighted by molar-refractivity contribution is -0.115. The number of epoxide rings is 1. The first-order valence-electron chi connectivity index (χ1n) is 6.45. The minimum absolute atomic E-state index is 0.00903. The highest BCUT2D eigenvalue weighted by Gasteiger charge is 2.51. The third kappa shape index (κ3) is 2.68. The molecular weight excluding hydrogens is 212 g/mol. The smallest absolute Gasteiger partial charge is 0.162 e. The van der Waals surface area contributed by atoms with E-state index in [0.29, 0.717) is 6.42 Å². The van der Waals surface area contributed by atoms with Crippen LogP contribution < -0.4 is 0 Å². The van der Waals surface area contributed by atoms with Crippen LogP contribution in [-0.4, -0.2) is 17.5 Å². The molecule has 0 amide bonds. The average Bonchev–Trinajstić information content (AvgIpc) is 2.84. The van der Waals surface area contributed by atoms with Gasteiger partial charge in [0, 0.05) is 12.8 Å². The fraction of sp³-hybridized carbons (Fsp3) is 0.667. The number of allylic oxidation sites excluding steroid dienone is 3. The summed E-state index contributed by atoms with van der Waals surface area (Å²) >= 11 is 0. The molecule has 0 aromatic rings. The quantitative estimate of drug-likeness (QED) is 0.364. The predicted octanol–water partition coefficient (Wildman–Crippen LogP) is 3.57. The molecule has 2 heteroatoms. The first-order chi connectivity index (χ1) is 7.92. The van der Waals surface area contributed by atoms with E-state index in [9.17, 15) is 4.79 Å². The minimum atomic E-state index is 0.00903. The fourth-order valence-electron chi connectivity index (χ4n) is 2.59. The molecule has 1 aliphatic carbocycles. The van der Waals surface area contributed by atoms with Crippen molar-refractivity contribution in [1.29, 1.82) is 0 Å². The third-order valence-corrected chi connectivity index (χ3v) is 3.94. The van der Waals surface area contributed by atoms with E-state index in [0.717, 1.165) is 30.4 Å². The number of hydrogen-bond donors (Lipinski definition) is 0. The fourth-order valence-corrected chi connectivity index (χ4v) is 2.59. The number of carbonyl (C=O) groups excluding carboxylic acids is 1. The topological polar surface area (TPSA) is 29.6 Å². The van der Waals surface area contributed by atoms with Crippen LogP contribution in [0, 0.1) is 0 Å². The molecule has 2 aliphatic rings. The first kappa shape index (κ1) is 12.6. The van der Waals surface area contributed by atoms with E-state index < -0.39 is 0 Å². The van der Waals surface area contributed by atoms with Gasteiger partial charge in [-0.05, 0) is 46.1 Å². The highest BCUT2D eigenvalue weighted by atomic mass is 16.6. The van der Waals surface area contributed by atoms with Crippen molar-refractivity contribution in [3.63, 3.8) is 0 Å². The summed E-state index contributed by atoms with van der Waals surface area (Å²) in [6, 6.07) is 0. The summed E-state index contributed by atoms with van der Waals surface area (Å²) in [4.78, 5) is 12.2. The van der Waals surface area contributed by atoms with Crippen molar-refractivity contribution in [3.8, 4) is 0 Å². The van der Waals surface area contributed by atoms with Crippen LogP contribution >= 0.6 is 0 Å². The predicted molar refractivity (Wildman–Crippen MR) is 68.9 cm³/mol. The maximum atomic E-state index is 12.2. The number of hydrogen-bond acceptors (Lipinski definition) is 2. The van der Waals surface area contributed by atoms with Crippen LogP contribution in [0.5, 0.6) is 0 Å². The van der Waals surface area contributed by atoms with Crippen LogP contribution in [0.2, 0.25) is 0 Å². The van der Waals surface area contributed by atoms with E-state index in [1.165, 1.54) is 5.57 Å².